The van der Waals surface area contributed by atoms with Gasteiger partial charge in [-0.25, -0.2) is 8.42 Å². The van der Waals surface area contributed by atoms with Gasteiger partial charge in [0.2, 0.25) is 0 Å². The molecular weight excluding hydrogens is 479 g/mol. The third kappa shape index (κ3) is 5.37. The van der Waals surface area contributed by atoms with E-state index in [-0.39, 0.29) is 16.1 Å². The summed E-state index contributed by atoms with van der Waals surface area (Å²) in [7, 11) is -3.92. The van der Waals surface area contributed by atoms with Crippen molar-refractivity contribution in [3.05, 3.63) is 113 Å². The Hall–Kier alpha value is -3.32. The van der Waals surface area contributed by atoms with Crippen LogP contribution in [0.1, 0.15) is 10.4 Å². The molecule has 5 nitrogen and oxygen atoms in total. The summed E-state index contributed by atoms with van der Waals surface area (Å²) >= 11 is 11.9. The fourth-order valence-corrected chi connectivity index (χ4v) is 4.58. The molecule has 2 N–H and O–H groups in total. The highest BCUT2D eigenvalue weighted by Gasteiger charge is 2.19. The molecule has 33 heavy (non-hydrogen) atoms. The first-order valence-electron chi connectivity index (χ1n) is 9.87. The molecule has 0 saturated carbocycles. The quantitative estimate of drug-likeness (QED) is 0.311. The lowest BCUT2D eigenvalue weighted by atomic mass is 10.1. The molecule has 8 heteroatoms. The van der Waals surface area contributed by atoms with Gasteiger partial charge in [0.25, 0.3) is 15.9 Å². The van der Waals surface area contributed by atoms with Gasteiger partial charge in [-0.1, -0.05) is 77.8 Å². The number of rotatable bonds is 6. The average molecular weight is 497 g/mol. The molecule has 0 heterocycles. The molecule has 0 aliphatic carbocycles. The van der Waals surface area contributed by atoms with Gasteiger partial charge in [-0.3, -0.25) is 9.52 Å². The lowest BCUT2D eigenvalue weighted by Crippen LogP contribution is -2.18. The summed E-state index contributed by atoms with van der Waals surface area (Å²) < 4.78 is 28.5. The summed E-state index contributed by atoms with van der Waals surface area (Å²) in [5, 5.41) is 3.36. The molecule has 0 aliphatic rings. The summed E-state index contributed by atoms with van der Waals surface area (Å²) in [4.78, 5) is 12.9. The molecule has 0 bridgehead atoms. The number of benzene rings is 4. The maximum Gasteiger partial charge on any atom is 0.261 e. The molecule has 4 aromatic rings. The molecule has 166 valence electrons. The molecule has 1 amide bonds. The number of halogens is 2. The fraction of sp³-hybridized carbons (Fsp3) is 0. The van der Waals surface area contributed by atoms with Crippen molar-refractivity contribution >= 4 is 50.5 Å². The number of hydrogen-bond donors (Lipinski definition) is 2. The normalized spacial score (nSPS) is 11.1. The summed E-state index contributed by atoms with van der Waals surface area (Å²) in [6.07, 6.45) is 0. The van der Waals surface area contributed by atoms with E-state index >= 15 is 0 Å². The highest BCUT2D eigenvalue weighted by molar-refractivity contribution is 7.92. The Morgan fingerprint density at radius 2 is 1.33 bits per heavy atom. The third-order valence-electron chi connectivity index (χ3n) is 4.87. The second kappa shape index (κ2) is 9.67. The highest BCUT2D eigenvalue weighted by atomic mass is 35.5. The summed E-state index contributed by atoms with van der Waals surface area (Å²) in [5.41, 5.74) is 2.63. The molecule has 0 aromatic heterocycles. The topological polar surface area (TPSA) is 75.3 Å². The molecule has 0 radical (unpaired) electrons. The second-order valence-corrected chi connectivity index (χ2v) is 9.62. The first kappa shape index (κ1) is 22.9. The first-order chi connectivity index (χ1) is 15.8. The van der Waals surface area contributed by atoms with Crippen LogP contribution in [0.2, 0.25) is 10.0 Å². The Morgan fingerprint density at radius 1 is 0.697 bits per heavy atom. The summed E-state index contributed by atoms with van der Waals surface area (Å²) in [5.74, 6) is -0.494. The van der Waals surface area contributed by atoms with Crippen molar-refractivity contribution in [2.24, 2.45) is 0 Å². The molecule has 0 fully saturated rings. The van der Waals surface area contributed by atoms with E-state index < -0.39 is 15.9 Å². The van der Waals surface area contributed by atoms with Gasteiger partial charge in [-0.05, 0) is 53.6 Å². The van der Waals surface area contributed by atoms with E-state index in [1.807, 2.05) is 30.3 Å². The van der Waals surface area contributed by atoms with Crippen LogP contribution < -0.4 is 10.0 Å². The molecular formula is C25H18Cl2N2O3S. The van der Waals surface area contributed by atoms with Crippen molar-refractivity contribution in [1.29, 1.82) is 0 Å². The Labute approximate surface area is 202 Å². The molecule has 0 aliphatic heterocycles. The van der Waals surface area contributed by atoms with Crippen LogP contribution in [0, 0.1) is 0 Å². The molecule has 4 aromatic carbocycles. The van der Waals surface area contributed by atoms with E-state index in [0.29, 0.717) is 15.7 Å². The molecule has 0 saturated heterocycles. The monoisotopic (exact) mass is 496 g/mol. The van der Waals surface area contributed by atoms with Crippen LogP contribution in [-0.4, -0.2) is 14.3 Å². The Balaban J connectivity index is 1.56. The summed E-state index contributed by atoms with van der Waals surface area (Å²) in [6, 6.07) is 27.2. The van der Waals surface area contributed by atoms with Crippen molar-refractivity contribution in [3.8, 4) is 11.1 Å². The largest absolute Gasteiger partial charge is 0.322 e. The minimum atomic E-state index is -3.92. The fourth-order valence-electron chi connectivity index (χ4n) is 3.20. The van der Waals surface area contributed by atoms with Crippen LogP contribution in [0.25, 0.3) is 11.1 Å². The van der Waals surface area contributed by atoms with Crippen LogP contribution in [0.5, 0.6) is 0 Å². The molecule has 0 atom stereocenters. The van der Waals surface area contributed by atoms with Gasteiger partial charge in [0.15, 0.2) is 0 Å². The maximum absolute atomic E-state index is 13.0. The van der Waals surface area contributed by atoms with Crippen molar-refractivity contribution < 1.29 is 13.2 Å². The van der Waals surface area contributed by atoms with Gasteiger partial charge in [-0.2, -0.15) is 0 Å². The van der Waals surface area contributed by atoms with E-state index in [4.69, 9.17) is 23.2 Å². The number of sulfonamides is 1. The van der Waals surface area contributed by atoms with Gasteiger partial charge in [-0.15, -0.1) is 0 Å². The zero-order valence-electron chi connectivity index (χ0n) is 17.1. The number of carbonyl (C=O) groups is 1. The zero-order chi connectivity index (χ0) is 23.4. The van der Waals surface area contributed by atoms with Gasteiger partial charge in [0, 0.05) is 5.69 Å². The Kier molecular flexibility index (Phi) is 6.70. The number of anilines is 2. The number of carbonyl (C=O) groups excluding carboxylic acids is 1. The Bertz CT molecular complexity index is 1410. The third-order valence-corrected chi connectivity index (χ3v) is 6.99. The first-order valence-corrected chi connectivity index (χ1v) is 12.1. The van der Waals surface area contributed by atoms with Gasteiger partial charge in [0.1, 0.15) is 0 Å². The van der Waals surface area contributed by atoms with E-state index in [2.05, 4.69) is 10.0 Å². The minimum absolute atomic E-state index is 0.0851. The predicted octanol–water partition coefficient (Wildman–Crippen LogP) is 6.71. The SMILES string of the molecule is O=C(Nc1ccc(Cl)c(Cl)c1)c1ccccc1NS(=O)(=O)c1ccc(-c2ccccc2)cc1. The lowest BCUT2D eigenvalue weighted by Gasteiger charge is -2.13. The number of hydrogen-bond acceptors (Lipinski definition) is 3. The van der Waals surface area contributed by atoms with Crippen molar-refractivity contribution in [3.63, 3.8) is 0 Å². The average Bonchev–Trinajstić information content (AvgIpc) is 2.82. The zero-order valence-corrected chi connectivity index (χ0v) is 19.5. The van der Waals surface area contributed by atoms with Gasteiger partial charge >= 0.3 is 0 Å². The van der Waals surface area contributed by atoms with Crippen LogP contribution in [-0.2, 0) is 10.0 Å². The number of nitrogens with one attached hydrogen (secondary N) is 2. The maximum atomic E-state index is 13.0. The Morgan fingerprint density at radius 3 is 2.03 bits per heavy atom. The van der Waals surface area contributed by atoms with Crippen molar-refractivity contribution in [2.75, 3.05) is 10.0 Å². The van der Waals surface area contributed by atoms with Crippen molar-refractivity contribution in [2.45, 2.75) is 4.90 Å². The molecule has 0 unspecified atom stereocenters. The van der Waals surface area contributed by atoms with E-state index in [9.17, 15) is 13.2 Å². The number of para-hydroxylation sites is 1. The van der Waals surface area contributed by atoms with Crippen LogP contribution in [0.4, 0.5) is 11.4 Å². The molecule has 0 spiro atoms. The predicted molar refractivity (Wildman–Crippen MR) is 134 cm³/mol. The van der Waals surface area contributed by atoms with Crippen LogP contribution in [0.15, 0.2) is 102 Å². The van der Waals surface area contributed by atoms with E-state index in [1.54, 1.807) is 36.4 Å². The minimum Gasteiger partial charge on any atom is -0.322 e. The van der Waals surface area contributed by atoms with Gasteiger partial charge in [0.05, 0.1) is 26.2 Å². The molecule has 4 rings (SSSR count). The van der Waals surface area contributed by atoms with E-state index in [1.165, 1.54) is 30.3 Å². The van der Waals surface area contributed by atoms with E-state index in [0.717, 1.165) is 11.1 Å². The van der Waals surface area contributed by atoms with Crippen LogP contribution >= 0.6 is 23.2 Å². The van der Waals surface area contributed by atoms with Gasteiger partial charge < -0.3 is 5.32 Å². The number of amides is 1. The summed E-state index contributed by atoms with van der Waals surface area (Å²) in [6.45, 7) is 0. The highest BCUT2D eigenvalue weighted by Crippen LogP contribution is 2.27. The second-order valence-electron chi connectivity index (χ2n) is 7.12. The smallest absolute Gasteiger partial charge is 0.261 e. The lowest BCUT2D eigenvalue weighted by molar-refractivity contribution is 0.102. The van der Waals surface area contributed by atoms with Crippen molar-refractivity contribution in [1.82, 2.24) is 0 Å². The van der Waals surface area contributed by atoms with Crippen LogP contribution in [0.3, 0.4) is 0 Å². The standard InChI is InChI=1S/C25H18Cl2N2O3S/c26-22-15-12-19(16-23(22)27)28-25(30)21-8-4-5-9-24(21)29-33(31,32)20-13-10-18(11-14-20)17-6-2-1-3-7-17/h1-16,29H,(H,28,30).